The summed E-state index contributed by atoms with van der Waals surface area (Å²) >= 11 is 0. The van der Waals surface area contributed by atoms with E-state index in [1.165, 1.54) is 31.4 Å². The Labute approximate surface area is 102 Å². The maximum absolute atomic E-state index is 11.9. The molecule has 4 nitrogen and oxygen atoms in total. The molecular weight excluding hydrogens is 214 g/mol. The number of rotatable bonds is 3. The minimum absolute atomic E-state index is 0.0232. The first-order valence-electron chi connectivity index (χ1n) is 6.67. The molecule has 17 heavy (non-hydrogen) atoms. The van der Waals surface area contributed by atoms with Gasteiger partial charge in [-0.3, -0.25) is 9.89 Å². The Kier molecular flexibility index (Phi) is 4.18. The zero-order chi connectivity index (χ0) is 12.1. The number of hydrogen-bond donors (Lipinski definition) is 2. The van der Waals surface area contributed by atoms with Crippen LogP contribution in [0.15, 0.2) is 0 Å². The van der Waals surface area contributed by atoms with Crippen molar-refractivity contribution in [3.8, 4) is 0 Å². The number of nitrogens with zero attached hydrogens (tertiary/aromatic N) is 1. The van der Waals surface area contributed by atoms with Crippen LogP contribution in [0.2, 0.25) is 0 Å². The van der Waals surface area contributed by atoms with Gasteiger partial charge in [0.1, 0.15) is 0 Å². The molecule has 0 fully saturated rings. The number of carbonyl (C=O) groups excluding carboxylic acids is 1. The van der Waals surface area contributed by atoms with Crippen LogP contribution in [0, 0.1) is 0 Å². The number of H-pyrrole nitrogens is 1. The van der Waals surface area contributed by atoms with E-state index >= 15 is 0 Å². The maximum Gasteiger partial charge on any atom is 0.272 e. The average Bonchev–Trinajstić information content (AvgIpc) is 2.68. The van der Waals surface area contributed by atoms with Gasteiger partial charge in [0.15, 0.2) is 5.69 Å². The predicted molar refractivity (Wildman–Crippen MR) is 67.1 cm³/mol. The number of amides is 1. The summed E-state index contributed by atoms with van der Waals surface area (Å²) in [5.41, 5.74) is 2.94. The zero-order valence-electron chi connectivity index (χ0n) is 10.5. The smallest absolute Gasteiger partial charge is 0.272 e. The standard InChI is InChI=1S/C13H21N3O/c1-2-9-14-13(17)12-10-7-5-3-4-6-8-11(10)15-16-12/h2-9H2,1H3,(H,14,17)(H,15,16). The molecule has 2 N–H and O–H groups in total. The number of fused-ring (bicyclic) bond motifs is 1. The molecule has 4 heteroatoms. The van der Waals surface area contributed by atoms with Crippen LogP contribution >= 0.6 is 0 Å². The van der Waals surface area contributed by atoms with Crippen LogP contribution < -0.4 is 5.32 Å². The second kappa shape index (κ2) is 5.84. The summed E-state index contributed by atoms with van der Waals surface area (Å²) in [6, 6.07) is 0. The van der Waals surface area contributed by atoms with E-state index in [0.29, 0.717) is 5.69 Å². The van der Waals surface area contributed by atoms with Crippen molar-refractivity contribution >= 4 is 5.91 Å². The molecule has 1 amide bonds. The van der Waals surface area contributed by atoms with Gasteiger partial charge in [0.2, 0.25) is 0 Å². The van der Waals surface area contributed by atoms with Crippen molar-refractivity contribution < 1.29 is 4.79 Å². The summed E-state index contributed by atoms with van der Waals surface area (Å²) < 4.78 is 0. The molecule has 0 saturated carbocycles. The van der Waals surface area contributed by atoms with Crippen LogP contribution in [0.3, 0.4) is 0 Å². The molecular formula is C13H21N3O. The number of hydrogen-bond acceptors (Lipinski definition) is 2. The molecule has 1 aliphatic carbocycles. The van der Waals surface area contributed by atoms with Gasteiger partial charge in [0.05, 0.1) is 0 Å². The van der Waals surface area contributed by atoms with Crippen molar-refractivity contribution in [1.29, 1.82) is 0 Å². The van der Waals surface area contributed by atoms with Crippen LogP contribution in [0.25, 0.3) is 0 Å². The molecule has 0 bridgehead atoms. The number of aromatic nitrogens is 2. The first kappa shape index (κ1) is 12.1. The Morgan fingerprint density at radius 1 is 1.29 bits per heavy atom. The van der Waals surface area contributed by atoms with Crippen LogP contribution in [0.5, 0.6) is 0 Å². The van der Waals surface area contributed by atoms with Gasteiger partial charge in [-0.1, -0.05) is 19.8 Å². The minimum Gasteiger partial charge on any atom is -0.351 e. The fourth-order valence-corrected chi connectivity index (χ4v) is 2.34. The van der Waals surface area contributed by atoms with Gasteiger partial charge in [-0.25, -0.2) is 0 Å². The third-order valence-corrected chi connectivity index (χ3v) is 3.31. The minimum atomic E-state index is -0.0232. The summed E-state index contributed by atoms with van der Waals surface area (Å²) in [6.07, 6.45) is 7.89. The quantitative estimate of drug-likeness (QED) is 0.844. The molecule has 1 aromatic rings. The van der Waals surface area contributed by atoms with Gasteiger partial charge in [0, 0.05) is 17.8 Å². The van der Waals surface area contributed by atoms with Gasteiger partial charge in [-0.05, 0) is 32.1 Å². The average molecular weight is 235 g/mol. The molecule has 2 rings (SSSR count). The Bertz CT molecular complexity index is 384. The fraction of sp³-hybridized carbons (Fsp3) is 0.692. The largest absolute Gasteiger partial charge is 0.351 e. The van der Waals surface area contributed by atoms with E-state index in [2.05, 4.69) is 22.4 Å². The molecule has 1 aliphatic rings. The van der Waals surface area contributed by atoms with E-state index in [4.69, 9.17) is 0 Å². The Morgan fingerprint density at radius 3 is 2.82 bits per heavy atom. The van der Waals surface area contributed by atoms with E-state index in [9.17, 15) is 4.79 Å². The molecule has 0 atom stereocenters. The van der Waals surface area contributed by atoms with Gasteiger partial charge in [-0.15, -0.1) is 0 Å². The molecule has 0 aliphatic heterocycles. The molecule has 0 radical (unpaired) electrons. The van der Waals surface area contributed by atoms with E-state index < -0.39 is 0 Å². The first-order chi connectivity index (χ1) is 8.33. The van der Waals surface area contributed by atoms with Crippen molar-refractivity contribution in [2.45, 2.75) is 51.9 Å². The van der Waals surface area contributed by atoms with Gasteiger partial charge in [0.25, 0.3) is 5.91 Å². The molecule has 1 aromatic heterocycles. The summed E-state index contributed by atoms with van der Waals surface area (Å²) in [5.74, 6) is -0.0232. The lowest BCUT2D eigenvalue weighted by atomic mass is 9.97. The zero-order valence-corrected chi connectivity index (χ0v) is 10.5. The van der Waals surface area contributed by atoms with Crippen LogP contribution in [-0.2, 0) is 12.8 Å². The highest BCUT2D eigenvalue weighted by molar-refractivity contribution is 5.93. The van der Waals surface area contributed by atoms with Crippen molar-refractivity contribution in [2.75, 3.05) is 6.54 Å². The SMILES string of the molecule is CCCNC(=O)c1n[nH]c2c1CCCCCC2. The lowest BCUT2D eigenvalue weighted by molar-refractivity contribution is 0.0947. The summed E-state index contributed by atoms with van der Waals surface area (Å²) in [5, 5.41) is 10.1. The van der Waals surface area contributed by atoms with Gasteiger partial charge < -0.3 is 5.32 Å². The second-order valence-electron chi connectivity index (χ2n) is 4.70. The van der Waals surface area contributed by atoms with E-state index in [-0.39, 0.29) is 5.91 Å². The van der Waals surface area contributed by atoms with Crippen molar-refractivity contribution in [1.82, 2.24) is 15.5 Å². The highest BCUT2D eigenvalue weighted by Gasteiger charge is 2.19. The summed E-state index contributed by atoms with van der Waals surface area (Å²) in [4.78, 5) is 11.9. The lowest BCUT2D eigenvalue weighted by Gasteiger charge is -2.09. The van der Waals surface area contributed by atoms with Gasteiger partial charge >= 0.3 is 0 Å². The molecule has 0 aromatic carbocycles. The van der Waals surface area contributed by atoms with Crippen LogP contribution in [-0.4, -0.2) is 22.6 Å². The van der Waals surface area contributed by atoms with Crippen LogP contribution in [0.4, 0.5) is 0 Å². The maximum atomic E-state index is 11.9. The number of aryl methyl sites for hydroxylation is 1. The van der Waals surface area contributed by atoms with Crippen LogP contribution in [0.1, 0.15) is 60.8 Å². The molecule has 0 spiro atoms. The highest BCUT2D eigenvalue weighted by Crippen LogP contribution is 2.21. The Balaban J connectivity index is 2.14. The lowest BCUT2D eigenvalue weighted by Crippen LogP contribution is -2.25. The predicted octanol–water partition coefficient (Wildman–Crippen LogP) is 2.21. The fourth-order valence-electron chi connectivity index (χ4n) is 2.34. The van der Waals surface area contributed by atoms with E-state index in [1.807, 2.05) is 0 Å². The topological polar surface area (TPSA) is 57.8 Å². The highest BCUT2D eigenvalue weighted by atomic mass is 16.1. The summed E-state index contributed by atoms with van der Waals surface area (Å²) in [6.45, 7) is 2.77. The molecule has 94 valence electrons. The number of aromatic amines is 1. The summed E-state index contributed by atoms with van der Waals surface area (Å²) in [7, 11) is 0. The van der Waals surface area contributed by atoms with Crippen molar-refractivity contribution in [3.63, 3.8) is 0 Å². The molecule has 0 saturated heterocycles. The van der Waals surface area contributed by atoms with Crippen molar-refractivity contribution in [2.24, 2.45) is 0 Å². The van der Waals surface area contributed by atoms with E-state index in [1.54, 1.807) is 0 Å². The van der Waals surface area contributed by atoms with Gasteiger partial charge in [-0.2, -0.15) is 5.10 Å². The van der Waals surface area contributed by atoms with E-state index in [0.717, 1.165) is 31.4 Å². The normalized spacial score (nSPS) is 15.8. The third-order valence-electron chi connectivity index (χ3n) is 3.31. The molecule has 0 unspecified atom stereocenters. The number of carbonyl (C=O) groups is 1. The third kappa shape index (κ3) is 2.87. The first-order valence-corrected chi connectivity index (χ1v) is 6.67. The number of nitrogens with one attached hydrogen (secondary N) is 2. The Morgan fingerprint density at radius 2 is 2.06 bits per heavy atom. The second-order valence-corrected chi connectivity index (χ2v) is 4.70. The Hall–Kier alpha value is -1.32. The van der Waals surface area contributed by atoms with Crippen molar-refractivity contribution in [3.05, 3.63) is 17.0 Å². The monoisotopic (exact) mass is 235 g/mol. The molecule has 1 heterocycles.